The van der Waals surface area contributed by atoms with Gasteiger partial charge in [0.25, 0.3) is 0 Å². The number of amides is 1. The van der Waals surface area contributed by atoms with Gasteiger partial charge < -0.3 is 9.64 Å². The van der Waals surface area contributed by atoms with E-state index in [1.807, 2.05) is 11.8 Å². The molecule has 2 rings (SSSR count). The molecular weight excluding hydrogens is 230 g/mol. The monoisotopic (exact) mass is 251 g/mol. The standard InChI is InChI=1S/C13H21N3O2/c1-2-12(9-14)15-4-6-16(7-5-15)13(17)11-3-8-18-10-11/h11-12H,2-8,10H2,1H3. The van der Waals surface area contributed by atoms with Crippen molar-refractivity contribution in [3.8, 4) is 6.07 Å². The van der Waals surface area contributed by atoms with Crippen molar-refractivity contribution in [3.63, 3.8) is 0 Å². The topological polar surface area (TPSA) is 56.6 Å². The highest BCUT2D eigenvalue weighted by Crippen LogP contribution is 2.17. The van der Waals surface area contributed by atoms with Crippen LogP contribution in [0.3, 0.4) is 0 Å². The maximum atomic E-state index is 12.2. The highest BCUT2D eigenvalue weighted by atomic mass is 16.5. The zero-order valence-corrected chi connectivity index (χ0v) is 11.0. The molecule has 2 saturated heterocycles. The molecule has 0 N–H and O–H groups in total. The number of carbonyl (C=O) groups excluding carboxylic acids is 1. The van der Waals surface area contributed by atoms with E-state index in [9.17, 15) is 4.79 Å². The Bertz CT molecular complexity index is 326. The smallest absolute Gasteiger partial charge is 0.228 e. The first kappa shape index (κ1) is 13.3. The van der Waals surface area contributed by atoms with Crippen LogP contribution in [0.4, 0.5) is 0 Å². The molecule has 0 spiro atoms. The van der Waals surface area contributed by atoms with Gasteiger partial charge in [-0.05, 0) is 12.8 Å². The quantitative estimate of drug-likeness (QED) is 0.731. The molecule has 0 aromatic carbocycles. The molecule has 2 unspecified atom stereocenters. The van der Waals surface area contributed by atoms with E-state index in [1.165, 1.54) is 0 Å². The molecule has 2 aliphatic heterocycles. The van der Waals surface area contributed by atoms with Gasteiger partial charge in [0.2, 0.25) is 5.91 Å². The Morgan fingerprint density at radius 2 is 2.17 bits per heavy atom. The molecule has 0 saturated carbocycles. The van der Waals surface area contributed by atoms with Crippen molar-refractivity contribution in [2.24, 2.45) is 5.92 Å². The largest absolute Gasteiger partial charge is 0.381 e. The molecule has 0 radical (unpaired) electrons. The van der Waals surface area contributed by atoms with Crippen LogP contribution in [0.5, 0.6) is 0 Å². The molecule has 5 nitrogen and oxygen atoms in total. The SMILES string of the molecule is CCC(C#N)N1CCN(C(=O)C2CCOC2)CC1. The summed E-state index contributed by atoms with van der Waals surface area (Å²) in [5, 5.41) is 9.04. The third-order valence-electron chi connectivity index (χ3n) is 3.88. The number of carbonyl (C=O) groups is 1. The lowest BCUT2D eigenvalue weighted by Crippen LogP contribution is -2.52. The first-order valence-corrected chi connectivity index (χ1v) is 6.76. The zero-order valence-electron chi connectivity index (χ0n) is 11.0. The second-order valence-electron chi connectivity index (χ2n) is 4.97. The van der Waals surface area contributed by atoms with Crippen LogP contribution in [-0.4, -0.2) is 61.1 Å². The van der Waals surface area contributed by atoms with Crippen molar-refractivity contribution < 1.29 is 9.53 Å². The van der Waals surface area contributed by atoms with Gasteiger partial charge in [0.1, 0.15) is 0 Å². The Kier molecular flexibility index (Phi) is 4.56. The van der Waals surface area contributed by atoms with Crippen LogP contribution >= 0.6 is 0 Å². The summed E-state index contributed by atoms with van der Waals surface area (Å²) in [5.74, 6) is 0.298. The third-order valence-corrected chi connectivity index (χ3v) is 3.88. The van der Waals surface area contributed by atoms with E-state index < -0.39 is 0 Å². The molecule has 2 heterocycles. The van der Waals surface area contributed by atoms with Crippen molar-refractivity contribution in [3.05, 3.63) is 0 Å². The number of hydrogen-bond donors (Lipinski definition) is 0. The van der Waals surface area contributed by atoms with Crippen molar-refractivity contribution >= 4 is 5.91 Å². The minimum absolute atomic E-state index is 0.00272. The predicted octanol–water partition coefficient (Wildman–Crippen LogP) is 0.469. The van der Waals surface area contributed by atoms with Crippen molar-refractivity contribution in [1.82, 2.24) is 9.80 Å². The second kappa shape index (κ2) is 6.17. The van der Waals surface area contributed by atoms with Gasteiger partial charge in [-0.25, -0.2) is 0 Å². The summed E-state index contributed by atoms with van der Waals surface area (Å²) < 4.78 is 5.26. The fraction of sp³-hybridized carbons (Fsp3) is 0.846. The fourth-order valence-electron chi connectivity index (χ4n) is 2.67. The molecule has 100 valence electrons. The van der Waals surface area contributed by atoms with E-state index in [0.717, 1.165) is 39.0 Å². The van der Waals surface area contributed by atoms with E-state index in [2.05, 4.69) is 11.0 Å². The summed E-state index contributed by atoms with van der Waals surface area (Å²) in [6.07, 6.45) is 1.70. The fourth-order valence-corrected chi connectivity index (χ4v) is 2.67. The summed E-state index contributed by atoms with van der Waals surface area (Å²) in [6.45, 7) is 6.43. The Hall–Kier alpha value is -1.12. The van der Waals surface area contributed by atoms with Crippen molar-refractivity contribution in [1.29, 1.82) is 5.26 Å². The number of rotatable bonds is 3. The first-order chi connectivity index (χ1) is 8.76. The van der Waals surface area contributed by atoms with Crippen LogP contribution in [0.15, 0.2) is 0 Å². The molecule has 5 heteroatoms. The highest BCUT2D eigenvalue weighted by Gasteiger charge is 2.31. The van der Waals surface area contributed by atoms with Crippen LogP contribution < -0.4 is 0 Å². The van der Waals surface area contributed by atoms with E-state index in [4.69, 9.17) is 10.00 Å². The third kappa shape index (κ3) is 2.82. The molecule has 2 aliphatic rings. The van der Waals surface area contributed by atoms with Crippen LogP contribution in [0.2, 0.25) is 0 Å². The molecule has 1 amide bonds. The Balaban J connectivity index is 1.83. The number of piperazine rings is 1. The summed E-state index contributed by atoms with van der Waals surface area (Å²) >= 11 is 0. The lowest BCUT2D eigenvalue weighted by molar-refractivity contribution is -0.137. The molecule has 0 aromatic rings. The van der Waals surface area contributed by atoms with Crippen LogP contribution in [0, 0.1) is 17.2 Å². The summed E-state index contributed by atoms with van der Waals surface area (Å²) in [7, 11) is 0. The molecule has 18 heavy (non-hydrogen) atoms. The van der Waals surface area contributed by atoms with E-state index in [1.54, 1.807) is 0 Å². The van der Waals surface area contributed by atoms with Gasteiger partial charge in [0, 0.05) is 32.8 Å². The summed E-state index contributed by atoms with van der Waals surface area (Å²) in [5.41, 5.74) is 0. The number of hydrogen-bond acceptors (Lipinski definition) is 4. The Morgan fingerprint density at radius 3 is 2.67 bits per heavy atom. The van der Waals surface area contributed by atoms with Gasteiger partial charge in [0.05, 0.1) is 24.6 Å². The van der Waals surface area contributed by atoms with E-state index >= 15 is 0 Å². The predicted molar refractivity (Wildman–Crippen MR) is 66.8 cm³/mol. The average molecular weight is 251 g/mol. The summed E-state index contributed by atoms with van der Waals surface area (Å²) in [4.78, 5) is 16.3. The maximum absolute atomic E-state index is 12.2. The molecule has 2 atom stereocenters. The molecule has 0 aromatic heterocycles. The average Bonchev–Trinajstić information content (AvgIpc) is 2.94. The molecule has 2 fully saturated rings. The Morgan fingerprint density at radius 1 is 1.44 bits per heavy atom. The van der Waals surface area contributed by atoms with Gasteiger partial charge in [-0.3, -0.25) is 9.69 Å². The maximum Gasteiger partial charge on any atom is 0.228 e. The van der Waals surface area contributed by atoms with Gasteiger partial charge in [-0.15, -0.1) is 0 Å². The van der Waals surface area contributed by atoms with Crippen LogP contribution in [0.1, 0.15) is 19.8 Å². The Labute approximate surface area is 108 Å². The lowest BCUT2D eigenvalue weighted by atomic mass is 10.1. The molecular formula is C13H21N3O2. The number of ether oxygens (including phenoxy) is 1. The lowest BCUT2D eigenvalue weighted by Gasteiger charge is -2.37. The molecule has 0 aliphatic carbocycles. The zero-order chi connectivity index (χ0) is 13.0. The number of nitrogens with zero attached hydrogens (tertiary/aromatic N) is 3. The minimum Gasteiger partial charge on any atom is -0.381 e. The van der Waals surface area contributed by atoms with Gasteiger partial charge >= 0.3 is 0 Å². The van der Waals surface area contributed by atoms with Crippen LogP contribution in [0.25, 0.3) is 0 Å². The van der Waals surface area contributed by atoms with Gasteiger partial charge in [-0.2, -0.15) is 5.26 Å². The normalized spacial score (nSPS) is 26.9. The van der Waals surface area contributed by atoms with Gasteiger partial charge in [0.15, 0.2) is 0 Å². The first-order valence-electron chi connectivity index (χ1n) is 6.76. The number of nitriles is 1. The van der Waals surface area contributed by atoms with Crippen molar-refractivity contribution in [2.45, 2.75) is 25.8 Å². The van der Waals surface area contributed by atoms with E-state index in [-0.39, 0.29) is 17.9 Å². The summed E-state index contributed by atoms with van der Waals surface area (Å²) in [6, 6.07) is 2.32. The van der Waals surface area contributed by atoms with Crippen molar-refractivity contribution in [2.75, 3.05) is 39.4 Å². The van der Waals surface area contributed by atoms with Crippen LogP contribution in [-0.2, 0) is 9.53 Å². The second-order valence-corrected chi connectivity index (χ2v) is 4.97. The minimum atomic E-state index is -0.00272. The highest BCUT2D eigenvalue weighted by molar-refractivity contribution is 5.79. The van der Waals surface area contributed by atoms with E-state index in [0.29, 0.717) is 13.2 Å². The van der Waals surface area contributed by atoms with Gasteiger partial charge in [-0.1, -0.05) is 6.92 Å². The molecule has 0 bridgehead atoms.